The van der Waals surface area contributed by atoms with Crippen molar-refractivity contribution in [2.75, 3.05) is 5.73 Å². The number of nitrogens with two attached hydrogens (primary N) is 1. The lowest BCUT2D eigenvalue weighted by molar-refractivity contribution is 0.0195. The molecule has 16 heavy (non-hydrogen) atoms. The van der Waals surface area contributed by atoms with E-state index >= 15 is 0 Å². The van der Waals surface area contributed by atoms with E-state index in [9.17, 15) is 14.6 Å². The van der Waals surface area contributed by atoms with E-state index in [1.54, 1.807) is 13.0 Å². The molecule has 0 spiro atoms. The third-order valence-corrected chi connectivity index (χ3v) is 2.37. The molecular formula is C11H13FN2O2. The van der Waals surface area contributed by atoms with Crippen molar-refractivity contribution in [2.45, 2.75) is 25.6 Å². The molecule has 0 aromatic heterocycles. The van der Waals surface area contributed by atoms with Gasteiger partial charge in [-0.25, -0.2) is 4.39 Å². The highest BCUT2D eigenvalue weighted by molar-refractivity contribution is 5.49. The second kappa shape index (κ2) is 4.92. The largest absolute Gasteiger partial charge is 0.399 e. The summed E-state index contributed by atoms with van der Waals surface area (Å²) in [6.45, 7) is 1.64. The molecule has 0 saturated carbocycles. The number of hydrogen-bond acceptors (Lipinski definition) is 4. The summed E-state index contributed by atoms with van der Waals surface area (Å²) in [6, 6.07) is 4.16. The van der Waals surface area contributed by atoms with Crippen molar-refractivity contribution in [2.24, 2.45) is 0 Å². The summed E-state index contributed by atoms with van der Waals surface area (Å²) in [6.07, 6.45) is -3.03. The van der Waals surface area contributed by atoms with Crippen molar-refractivity contribution >= 4 is 5.69 Å². The molecule has 5 heteroatoms. The maximum absolute atomic E-state index is 13.5. The van der Waals surface area contributed by atoms with Gasteiger partial charge in [0.05, 0.1) is 18.6 Å². The monoisotopic (exact) mass is 224 g/mol. The molecule has 1 rings (SSSR count). The maximum Gasteiger partial charge on any atom is 0.129 e. The van der Waals surface area contributed by atoms with Gasteiger partial charge in [-0.05, 0) is 24.6 Å². The van der Waals surface area contributed by atoms with Crippen LogP contribution >= 0.6 is 0 Å². The highest BCUT2D eigenvalue weighted by atomic mass is 19.1. The summed E-state index contributed by atoms with van der Waals surface area (Å²) >= 11 is 0. The zero-order chi connectivity index (χ0) is 12.3. The third kappa shape index (κ3) is 2.48. The van der Waals surface area contributed by atoms with Crippen molar-refractivity contribution in [1.29, 1.82) is 5.26 Å². The van der Waals surface area contributed by atoms with E-state index < -0.39 is 18.0 Å². The van der Waals surface area contributed by atoms with Crippen LogP contribution in [0, 0.1) is 24.1 Å². The third-order valence-electron chi connectivity index (χ3n) is 2.37. The van der Waals surface area contributed by atoms with E-state index in [4.69, 9.17) is 11.0 Å². The van der Waals surface area contributed by atoms with Crippen LogP contribution in [0.3, 0.4) is 0 Å². The first-order valence-corrected chi connectivity index (χ1v) is 4.76. The van der Waals surface area contributed by atoms with Gasteiger partial charge in [0.2, 0.25) is 0 Å². The van der Waals surface area contributed by atoms with E-state index in [-0.39, 0.29) is 12.0 Å². The summed E-state index contributed by atoms with van der Waals surface area (Å²) in [5.41, 5.74) is 6.38. The van der Waals surface area contributed by atoms with Crippen LogP contribution in [0.1, 0.15) is 23.7 Å². The zero-order valence-corrected chi connectivity index (χ0v) is 8.81. The Morgan fingerprint density at radius 2 is 2.12 bits per heavy atom. The normalized spacial score (nSPS) is 14.2. The molecule has 2 unspecified atom stereocenters. The second-order valence-corrected chi connectivity index (χ2v) is 3.60. The second-order valence-electron chi connectivity index (χ2n) is 3.60. The average Bonchev–Trinajstić information content (AvgIpc) is 2.23. The van der Waals surface area contributed by atoms with Crippen LogP contribution < -0.4 is 5.73 Å². The van der Waals surface area contributed by atoms with Gasteiger partial charge >= 0.3 is 0 Å². The Bertz CT molecular complexity index is 429. The van der Waals surface area contributed by atoms with E-state index in [0.29, 0.717) is 11.3 Å². The Kier molecular flexibility index (Phi) is 3.82. The average molecular weight is 224 g/mol. The molecule has 0 heterocycles. The van der Waals surface area contributed by atoms with Crippen LogP contribution in [-0.4, -0.2) is 16.3 Å². The van der Waals surface area contributed by atoms with Crippen molar-refractivity contribution in [3.05, 3.63) is 29.1 Å². The molecule has 0 amide bonds. The van der Waals surface area contributed by atoms with Gasteiger partial charge in [-0.3, -0.25) is 0 Å². The van der Waals surface area contributed by atoms with Gasteiger partial charge in [0.25, 0.3) is 0 Å². The Balaban J connectivity index is 3.04. The molecule has 0 aliphatic carbocycles. The SMILES string of the molecule is Cc1cc(F)c(C(O)C(O)CC#N)cc1N. The predicted molar refractivity (Wildman–Crippen MR) is 56.7 cm³/mol. The first-order chi connectivity index (χ1) is 7.47. The summed E-state index contributed by atoms with van der Waals surface area (Å²) < 4.78 is 13.5. The lowest BCUT2D eigenvalue weighted by Gasteiger charge is -2.17. The Labute approximate surface area is 92.7 Å². The number of aliphatic hydroxyl groups excluding tert-OH is 2. The van der Waals surface area contributed by atoms with Crippen LogP contribution in [0.2, 0.25) is 0 Å². The number of halogens is 1. The number of nitrogen functional groups attached to an aromatic ring is 1. The summed E-state index contributed by atoms with van der Waals surface area (Å²) in [7, 11) is 0. The van der Waals surface area contributed by atoms with Gasteiger partial charge in [0, 0.05) is 11.3 Å². The molecule has 4 nitrogen and oxygen atoms in total. The van der Waals surface area contributed by atoms with Crippen LogP contribution in [0.15, 0.2) is 12.1 Å². The molecule has 1 aromatic rings. The van der Waals surface area contributed by atoms with E-state index in [2.05, 4.69) is 0 Å². The van der Waals surface area contributed by atoms with Crippen molar-refractivity contribution < 1.29 is 14.6 Å². The molecule has 0 radical (unpaired) electrons. The number of anilines is 1. The summed E-state index contributed by atoms with van der Waals surface area (Å²) in [5.74, 6) is -0.642. The molecule has 0 bridgehead atoms. The minimum absolute atomic E-state index is 0.0918. The lowest BCUT2D eigenvalue weighted by Crippen LogP contribution is -2.19. The number of aliphatic hydroxyl groups is 2. The van der Waals surface area contributed by atoms with Gasteiger partial charge in [0.15, 0.2) is 0 Å². The van der Waals surface area contributed by atoms with Crippen LogP contribution in [0.4, 0.5) is 10.1 Å². The van der Waals surface area contributed by atoms with E-state index in [1.807, 2.05) is 0 Å². The minimum Gasteiger partial charge on any atom is -0.399 e. The van der Waals surface area contributed by atoms with Gasteiger partial charge in [-0.1, -0.05) is 0 Å². The highest BCUT2D eigenvalue weighted by Crippen LogP contribution is 2.25. The fourth-order valence-corrected chi connectivity index (χ4v) is 1.35. The van der Waals surface area contributed by atoms with Gasteiger partial charge < -0.3 is 15.9 Å². The number of rotatable bonds is 3. The molecule has 2 atom stereocenters. The Morgan fingerprint density at radius 3 is 2.69 bits per heavy atom. The standard InChI is InChI=1S/C11H13FN2O2/c1-6-4-8(12)7(5-9(6)14)11(16)10(15)2-3-13/h4-5,10-11,15-16H,2,14H2,1H3. The molecule has 1 aromatic carbocycles. The van der Waals surface area contributed by atoms with Crippen LogP contribution in [0.25, 0.3) is 0 Å². The van der Waals surface area contributed by atoms with Crippen LogP contribution in [-0.2, 0) is 0 Å². The van der Waals surface area contributed by atoms with E-state index in [0.717, 1.165) is 0 Å². The van der Waals surface area contributed by atoms with Crippen molar-refractivity contribution in [3.8, 4) is 6.07 Å². The smallest absolute Gasteiger partial charge is 0.129 e. The molecule has 0 fully saturated rings. The minimum atomic E-state index is -1.44. The Hall–Kier alpha value is -1.64. The first-order valence-electron chi connectivity index (χ1n) is 4.76. The number of benzene rings is 1. The fourth-order valence-electron chi connectivity index (χ4n) is 1.35. The number of aryl methyl sites for hydroxylation is 1. The highest BCUT2D eigenvalue weighted by Gasteiger charge is 2.22. The zero-order valence-electron chi connectivity index (χ0n) is 8.81. The van der Waals surface area contributed by atoms with Gasteiger partial charge in [-0.15, -0.1) is 0 Å². The summed E-state index contributed by atoms with van der Waals surface area (Å²) in [5, 5.41) is 27.4. The molecule has 4 N–H and O–H groups in total. The first kappa shape index (κ1) is 12.4. The van der Waals surface area contributed by atoms with Gasteiger partial charge in [-0.2, -0.15) is 5.26 Å². The predicted octanol–water partition coefficient (Wildman–Crippen LogP) is 1.02. The fraction of sp³-hybridized carbons (Fsp3) is 0.364. The Morgan fingerprint density at radius 1 is 1.50 bits per heavy atom. The molecule has 0 saturated heterocycles. The van der Waals surface area contributed by atoms with Gasteiger partial charge in [0.1, 0.15) is 11.9 Å². The maximum atomic E-state index is 13.5. The number of nitriles is 1. The molecule has 0 aliphatic heterocycles. The molecule has 86 valence electrons. The molecule has 0 aliphatic rings. The van der Waals surface area contributed by atoms with Crippen molar-refractivity contribution in [3.63, 3.8) is 0 Å². The number of hydrogen-bond donors (Lipinski definition) is 3. The van der Waals surface area contributed by atoms with E-state index in [1.165, 1.54) is 12.1 Å². The van der Waals surface area contributed by atoms with Crippen LogP contribution in [0.5, 0.6) is 0 Å². The van der Waals surface area contributed by atoms with Crippen molar-refractivity contribution in [1.82, 2.24) is 0 Å². The number of nitrogens with zero attached hydrogens (tertiary/aromatic N) is 1. The lowest BCUT2D eigenvalue weighted by atomic mass is 9.99. The quantitative estimate of drug-likeness (QED) is 0.669. The molecular weight excluding hydrogens is 211 g/mol. The summed E-state index contributed by atoms with van der Waals surface area (Å²) in [4.78, 5) is 0. The topological polar surface area (TPSA) is 90.3 Å².